The van der Waals surface area contributed by atoms with Crippen molar-refractivity contribution in [1.82, 2.24) is 15.1 Å². The van der Waals surface area contributed by atoms with E-state index in [-0.39, 0.29) is 31.4 Å². The molecule has 0 rings (SSSR count). The molecular formula is C12H23N3O4. The molecule has 0 heterocycles. The summed E-state index contributed by atoms with van der Waals surface area (Å²) in [7, 11) is 3.00. The Morgan fingerprint density at radius 1 is 1.21 bits per heavy atom. The third kappa shape index (κ3) is 6.08. The number of carboxylic acid groups (broad SMARTS) is 1. The zero-order valence-electron chi connectivity index (χ0n) is 12.2. The summed E-state index contributed by atoms with van der Waals surface area (Å²) >= 11 is 0. The van der Waals surface area contributed by atoms with Crippen LogP contribution in [0.1, 0.15) is 27.2 Å². The Morgan fingerprint density at radius 2 is 1.74 bits per heavy atom. The van der Waals surface area contributed by atoms with Crippen LogP contribution in [0.5, 0.6) is 0 Å². The van der Waals surface area contributed by atoms with Gasteiger partial charge >= 0.3 is 12.0 Å². The maximum absolute atomic E-state index is 12.2. The van der Waals surface area contributed by atoms with Gasteiger partial charge in [-0.1, -0.05) is 0 Å². The zero-order chi connectivity index (χ0) is 15.2. The first kappa shape index (κ1) is 17.2. The van der Waals surface area contributed by atoms with Crippen LogP contribution in [0.2, 0.25) is 0 Å². The maximum atomic E-state index is 12.2. The van der Waals surface area contributed by atoms with Crippen molar-refractivity contribution in [2.75, 3.05) is 27.2 Å². The Balaban J connectivity index is 4.80. The van der Waals surface area contributed by atoms with Crippen molar-refractivity contribution < 1.29 is 19.5 Å². The van der Waals surface area contributed by atoms with E-state index in [4.69, 9.17) is 5.11 Å². The largest absolute Gasteiger partial charge is 0.481 e. The number of rotatable bonds is 5. The summed E-state index contributed by atoms with van der Waals surface area (Å²) in [5.41, 5.74) is -0.510. The van der Waals surface area contributed by atoms with E-state index in [1.165, 1.54) is 23.9 Å². The first-order chi connectivity index (χ1) is 8.59. The number of amides is 3. The molecule has 0 aliphatic heterocycles. The van der Waals surface area contributed by atoms with Crippen LogP contribution in [0.25, 0.3) is 0 Å². The highest BCUT2D eigenvalue weighted by atomic mass is 16.4. The lowest BCUT2D eigenvalue weighted by molar-refractivity contribution is -0.137. The molecule has 0 unspecified atom stereocenters. The van der Waals surface area contributed by atoms with Crippen LogP contribution in [0.15, 0.2) is 0 Å². The summed E-state index contributed by atoms with van der Waals surface area (Å²) < 4.78 is 0. The zero-order valence-corrected chi connectivity index (χ0v) is 12.2. The third-order valence-corrected chi connectivity index (χ3v) is 2.58. The molecule has 7 heteroatoms. The molecule has 0 radical (unpaired) electrons. The van der Waals surface area contributed by atoms with Gasteiger partial charge in [0.25, 0.3) is 0 Å². The van der Waals surface area contributed by atoms with Crippen molar-refractivity contribution in [3.05, 3.63) is 0 Å². The van der Waals surface area contributed by atoms with Gasteiger partial charge in [0, 0.05) is 26.2 Å². The molecule has 19 heavy (non-hydrogen) atoms. The van der Waals surface area contributed by atoms with Gasteiger partial charge in [0.15, 0.2) is 0 Å². The highest BCUT2D eigenvalue weighted by Gasteiger charge is 2.29. The molecule has 0 aromatic heterocycles. The minimum atomic E-state index is -0.962. The Labute approximate surface area is 113 Å². The van der Waals surface area contributed by atoms with Gasteiger partial charge in [-0.15, -0.1) is 0 Å². The molecule has 0 saturated carbocycles. The molecule has 0 aromatic rings. The second-order valence-electron chi connectivity index (χ2n) is 5.28. The van der Waals surface area contributed by atoms with Crippen LogP contribution in [-0.2, 0) is 9.59 Å². The van der Waals surface area contributed by atoms with Crippen LogP contribution in [-0.4, -0.2) is 65.5 Å². The molecule has 3 amide bonds. The average molecular weight is 273 g/mol. The van der Waals surface area contributed by atoms with Crippen LogP contribution >= 0.6 is 0 Å². The standard InChI is InChI=1S/C12H23N3O4/c1-12(2,3)15(7-6-10(17)18)11(19)14(5)8-9(16)13-4/h6-8H2,1-5H3,(H,13,16)(H,17,18). The fourth-order valence-electron chi connectivity index (χ4n) is 1.49. The first-order valence-electron chi connectivity index (χ1n) is 6.04. The summed E-state index contributed by atoms with van der Waals surface area (Å²) in [6, 6.07) is -0.364. The van der Waals surface area contributed by atoms with E-state index in [0.29, 0.717) is 0 Å². The third-order valence-electron chi connectivity index (χ3n) is 2.58. The first-order valence-corrected chi connectivity index (χ1v) is 6.04. The summed E-state index contributed by atoms with van der Waals surface area (Å²) in [6.07, 6.45) is -0.128. The van der Waals surface area contributed by atoms with Gasteiger partial charge in [0.1, 0.15) is 6.54 Å². The number of urea groups is 1. The van der Waals surface area contributed by atoms with Crippen LogP contribution in [0.4, 0.5) is 4.79 Å². The van der Waals surface area contributed by atoms with Gasteiger partial charge in [-0.25, -0.2) is 4.79 Å². The van der Waals surface area contributed by atoms with Crippen molar-refractivity contribution >= 4 is 17.9 Å². The van der Waals surface area contributed by atoms with Crippen molar-refractivity contribution in [2.24, 2.45) is 0 Å². The fraction of sp³-hybridized carbons (Fsp3) is 0.750. The number of nitrogens with zero attached hydrogens (tertiary/aromatic N) is 2. The van der Waals surface area contributed by atoms with E-state index < -0.39 is 11.5 Å². The molecule has 0 saturated heterocycles. The van der Waals surface area contributed by atoms with Crippen molar-refractivity contribution in [1.29, 1.82) is 0 Å². The lowest BCUT2D eigenvalue weighted by Gasteiger charge is -2.37. The minimum absolute atomic E-state index is 0.0605. The van der Waals surface area contributed by atoms with E-state index >= 15 is 0 Å². The van der Waals surface area contributed by atoms with Gasteiger partial charge in [-0.3, -0.25) is 9.59 Å². The number of carboxylic acids is 1. The predicted molar refractivity (Wildman–Crippen MR) is 70.8 cm³/mol. The molecule has 2 N–H and O–H groups in total. The van der Waals surface area contributed by atoms with Gasteiger partial charge in [0.2, 0.25) is 5.91 Å². The predicted octanol–water partition coefficient (Wildman–Crippen LogP) is 0.359. The van der Waals surface area contributed by atoms with Crippen molar-refractivity contribution in [3.8, 4) is 0 Å². The number of carbonyl (C=O) groups excluding carboxylic acids is 2. The molecule has 0 aliphatic carbocycles. The molecule has 0 fully saturated rings. The summed E-state index contributed by atoms with van der Waals surface area (Å²) in [4.78, 5) is 36.8. The van der Waals surface area contributed by atoms with Crippen LogP contribution in [0.3, 0.4) is 0 Å². The number of carbonyl (C=O) groups is 3. The monoisotopic (exact) mass is 273 g/mol. The molecular weight excluding hydrogens is 250 g/mol. The molecule has 0 aliphatic rings. The average Bonchev–Trinajstić information content (AvgIpc) is 2.26. The summed E-state index contributed by atoms with van der Waals surface area (Å²) in [5, 5.41) is 11.1. The van der Waals surface area contributed by atoms with E-state index in [0.717, 1.165) is 0 Å². The molecule has 0 aromatic carbocycles. The molecule has 0 atom stereocenters. The van der Waals surface area contributed by atoms with Gasteiger partial charge in [-0.05, 0) is 20.8 Å². The Morgan fingerprint density at radius 3 is 2.11 bits per heavy atom. The smallest absolute Gasteiger partial charge is 0.320 e. The molecule has 110 valence electrons. The van der Waals surface area contributed by atoms with E-state index in [1.54, 1.807) is 0 Å². The highest BCUT2D eigenvalue weighted by Crippen LogP contribution is 2.15. The van der Waals surface area contributed by atoms with Crippen LogP contribution < -0.4 is 5.32 Å². The highest BCUT2D eigenvalue weighted by molar-refractivity contribution is 5.84. The second kappa shape index (κ2) is 6.96. The fourth-order valence-corrected chi connectivity index (χ4v) is 1.49. The Hall–Kier alpha value is -1.79. The lowest BCUT2D eigenvalue weighted by Crippen LogP contribution is -2.53. The number of nitrogens with one attached hydrogen (secondary N) is 1. The Kier molecular flexibility index (Phi) is 6.31. The van der Waals surface area contributed by atoms with E-state index in [1.807, 2.05) is 20.8 Å². The van der Waals surface area contributed by atoms with E-state index in [2.05, 4.69) is 5.32 Å². The molecule has 0 spiro atoms. The number of aliphatic carboxylic acids is 1. The van der Waals surface area contributed by atoms with Gasteiger partial charge in [0.05, 0.1) is 6.42 Å². The van der Waals surface area contributed by atoms with E-state index in [9.17, 15) is 14.4 Å². The molecule has 7 nitrogen and oxygen atoms in total. The number of hydrogen-bond acceptors (Lipinski definition) is 3. The number of likely N-dealkylation sites (N-methyl/N-ethyl adjacent to an activating group) is 2. The lowest BCUT2D eigenvalue weighted by atomic mass is 10.1. The van der Waals surface area contributed by atoms with Crippen molar-refractivity contribution in [3.63, 3.8) is 0 Å². The SMILES string of the molecule is CNC(=O)CN(C)C(=O)N(CCC(=O)O)C(C)(C)C. The van der Waals surface area contributed by atoms with Gasteiger partial charge < -0.3 is 20.2 Å². The van der Waals surface area contributed by atoms with Gasteiger partial charge in [-0.2, -0.15) is 0 Å². The van der Waals surface area contributed by atoms with Crippen molar-refractivity contribution in [2.45, 2.75) is 32.7 Å². The Bertz CT molecular complexity index is 349. The maximum Gasteiger partial charge on any atom is 0.320 e. The second-order valence-corrected chi connectivity index (χ2v) is 5.28. The topological polar surface area (TPSA) is 90.0 Å². The van der Waals surface area contributed by atoms with Crippen LogP contribution in [0, 0.1) is 0 Å². The number of hydrogen-bond donors (Lipinski definition) is 2. The summed E-state index contributed by atoms with van der Waals surface area (Å²) in [6.45, 7) is 5.51. The normalized spacial score (nSPS) is 10.8. The quantitative estimate of drug-likeness (QED) is 0.756. The molecule has 0 bridgehead atoms. The minimum Gasteiger partial charge on any atom is -0.481 e. The summed E-state index contributed by atoms with van der Waals surface area (Å²) in [5.74, 6) is -1.24.